The molecule has 0 radical (unpaired) electrons. The summed E-state index contributed by atoms with van der Waals surface area (Å²) in [6, 6.07) is 5.84. The maximum atomic E-state index is 13.4. The Balaban J connectivity index is 2.76. The van der Waals surface area contributed by atoms with E-state index in [2.05, 4.69) is 13.2 Å². The number of phenols is 3. The molecule has 0 unspecified atom stereocenters. The van der Waals surface area contributed by atoms with E-state index in [9.17, 15) is 20.1 Å². The highest BCUT2D eigenvalue weighted by atomic mass is 16.5. The number of hydrogen-bond acceptors (Lipinski definition) is 5. The molecule has 0 saturated carbocycles. The van der Waals surface area contributed by atoms with Gasteiger partial charge in [-0.05, 0) is 71.4 Å². The molecule has 0 aromatic heterocycles. The van der Waals surface area contributed by atoms with Crippen LogP contribution in [0.25, 0.3) is 0 Å². The number of benzene rings is 2. The van der Waals surface area contributed by atoms with Crippen LogP contribution in [0.1, 0.15) is 67.6 Å². The normalized spacial score (nSPS) is 11.6. The second-order valence-electron chi connectivity index (χ2n) is 9.17. The van der Waals surface area contributed by atoms with Gasteiger partial charge in [-0.2, -0.15) is 0 Å². The van der Waals surface area contributed by atoms with Gasteiger partial charge in [0.05, 0.1) is 7.11 Å². The molecule has 1 atom stereocenters. The number of ether oxygens (including phenoxy) is 1. The number of carbonyl (C=O) groups excluding carboxylic acids is 1. The van der Waals surface area contributed by atoms with Crippen LogP contribution in [-0.4, -0.2) is 28.2 Å². The Kier molecular flexibility index (Phi) is 9.13. The minimum Gasteiger partial charge on any atom is -0.508 e. The van der Waals surface area contributed by atoms with Crippen LogP contribution < -0.4 is 4.74 Å². The van der Waals surface area contributed by atoms with Crippen LogP contribution in [-0.2, 0) is 12.8 Å². The average molecular weight is 465 g/mol. The van der Waals surface area contributed by atoms with Gasteiger partial charge in [0.1, 0.15) is 28.6 Å². The Hall–Kier alpha value is -3.47. The number of aromatic hydroxyl groups is 3. The maximum Gasteiger partial charge on any atom is 0.200 e. The van der Waals surface area contributed by atoms with Gasteiger partial charge in [0, 0.05) is 16.7 Å². The third kappa shape index (κ3) is 6.31. The Bertz CT molecular complexity index is 1120. The minimum absolute atomic E-state index is 0.0149. The molecule has 0 amide bonds. The molecule has 0 aliphatic carbocycles. The van der Waals surface area contributed by atoms with Gasteiger partial charge in [-0.1, -0.05) is 41.5 Å². The van der Waals surface area contributed by atoms with Crippen molar-refractivity contribution in [2.45, 2.75) is 53.4 Å². The van der Waals surface area contributed by atoms with E-state index in [0.717, 1.165) is 29.6 Å². The Morgan fingerprint density at radius 1 is 1.06 bits per heavy atom. The van der Waals surface area contributed by atoms with Crippen LogP contribution in [0, 0.1) is 5.92 Å². The molecule has 2 rings (SSSR count). The lowest BCUT2D eigenvalue weighted by Gasteiger charge is -2.23. The lowest BCUT2D eigenvalue weighted by molar-refractivity contribution is 0.103. The topological polar surface area (TPSA) is 87.0 Å². The summed E-state index contributed by atoms with van der Waals surface area (Å²) >= 11 is 0. The van der Waals surface area contributed by atoms with Gasteiger partial charge >= 0.3 is 0 Å². The van der Waals surface area contributed by atoms with E-state index in [1.54, 1.807) is 6.07 Å². The summed E-state index contributed by atoms with van der Waals surface area (Å²) in [6.07, 6.45) is 4.23. The van der Waals surface area contributed by atoms with Gasteiger partial charge in [-0.3, -0.25) is 4.79 Å². The van der Waals surface area contributed by atoms with Crippen molar-refractivity contribution in [1.82, 2.24) is 0 Å². The van der Waals surface area contributed by atoms with Crippen LogP contribution in [0.3, 0.4) is 0 Å². The highest BCUT2D eigenvalue weighted by Gasteiger charge is 2.30. The molecule has 0 aliphatic rings. The molecule has 5 nitrogen and oxygen atoms in total. The molecule has 0 fully saturated rings. The van der Waals surface area contributed by atoms with Crippen LogP contribution in [0.2, 0.25) is 0 Å². The van der Waals surface area contributed by atoms with E-state index < -0.39 is 5.78 Å². The van der Waals surface area contributed by atoms with Crippen LogP contribution >= 0.6 is 0 Å². The third-order valence-corrected chi connectivity index (χ3v) is 5.91. The molecular weight excluding hydrogens is 428 g/mol. The van der Waals surface area contributed by atoms with E-state index in [-0.39, 0.29) is 34.3 Å². The largest absolute Gasteiger partial charge is 0.508 e. The van der Waals surface area contributed by atoms with Gasteiger partial charge in [-0.15, -0.1) is 6.58 Å². The molecule has 5 heteroatoms. The summed E-state index contributed by atoms with van der Waals surface area (Å²) in [6.45, 7) is 15.9. The smallest absolute Gasteiger partial charge is 0.200 e. The molecule has 0 saturated heterocycles. The summed E-state index contributed by atoms with van der Waals surface area (Å²) in [5.74, 6) is -0.918. The van der Waals surface area contributed by atoms with Crippen molar-refractivity contribution in [2.24, 2.45) is 5.92 Å². The molecule has 34 heavy (non-hydrogen) atoms. The molecule has 0 aliphatic heterocycles. The van der Waals surface area contributed by atoms with E-state index >= 15 is 0 Å². The molecule has 3 N–H and O–H groups in total. The van der Waals surface area contributed by atoms with Crippen molar-refractivity contribution in [3.63, 3.8) is 0 Å². The second kappa shape index (κ2) is 11.6. The molecule has 2 aromatic rings. The Morgan fingerprint density at radius 3 is 2.24 bits per heavy atom. The van der Waals surface area contributed by atoms with Crippen LogP contribution in [0.5, 0.6) is 23.0 Å². The molecular formula is C29H36O5. The van der Waals surface area contributed by atoms with E-state index in [1.165, 1.54) is 25.3 Å². The third-order valence-electron chi connectivity index (χ3n) is 5.91. The van der Waals surface area contributed by atoms with Gasteiger partial charge in [-0.25, -0.2) is 0 Å². The second-order valence-corrected chi connectivity index (χ2v) is 9.17. The fraction of sp³-hybridized carbons (Fsp3) is 0.345. The van der Waals surface area contributed by atoms with E-state index in [4.69, 9.17) is 4.74 Å². The first-order chi connectivity index (χ1) is 16.0. The minimum atomic E-state index is -0.581. The van der Waals surface area contributed by atoms with Crippen molar-refractivity contribution in [1.29, 1.82) is 0 Å². The molecule has 0 bridgehead atoms. The van der Waals surface area contributed by atoms with Gasteiger partial charge in [0.2, 0.25) is 5.78 Å². The van der Waals surface area contributed by atoms with Crippen molar-refractivity contribution in [2.75, 3.05) is 7.11 Å². The van der Waals surface area contributed by atoms with E-state index in [0.29, 0.717) is 29.7 Å². The zero-order chi connectivity index (χ0) is 25.6. The number of ketones is 1. The predicted molar refractivity (Wildman–Crippen MR) is 137 cm³/mol. The SMILES string of the molecule is C=C(C)CC[C@H](Cc1c(O)c(C(=O)c2cccc(O)c2)c(O)c(CC=C(C)C)c1OC)C(=C)C. The molecule has 0 heterocycles. The Labute approximate surface area is 202 Å². The first kappa shape index (κ1) is 26.8. The van der Waals surface area contributed by atoms with Gasteiger partial charge < -0.3 is 20.1 Å². The van der Waals surface area contributed by atoms with E-state index in [1.807, 2.05) is 33.8 Å². The highest BCUT2D eigenvalue weighted by Crippen LogP contribution is 2.46. The van der Waals surface area contributed by atoms with Gasteiger partial charge in [0.15, 0.2) is 0 Å². The highest BCUT2D eigenvalue weighted by molar-refractivity contribution is 6.13. The fourth-order valence-electron chi connectivity index (χ4n) is 3.94. The lowest BCUT2D eigenvalue weighted by Crippen LogP contribution is -2.12. The molecule has 0 spiro atoms. The number of rotatable bonds is 11. The van der Waals surface area contributed by atoms with Crippen LogP contribution in [0.4, 0.5) is 0 Å². The number of allylic oxidation sites excluding steroid dienone is 4. The molecule has 2 aromatic carbocycles. The summed E-state index contributed by atoms with van der Waals surface area (Å²) in [5, 5.41) is 32.3. The number of hydrogen-bond donors (Lipinski definition) is 3. The predicted octanol–water partition coefficient (Wildman–Crippen LogP) is 6.64. The zero-order valence-corrected chi connectivity index (χ0v) is 20.9. The lowest BCUT2D eigenvalue weighted by atomic mass is 9.84. The van der Waals surface area contributed by atoms with Crippen LogP contribution in [0.15, 0.2) is 60.2 Å². The summed E-state index contributed by atoms with van der Waals surface area (Å²) in [5.41, 5.74) is 3.89. The van der Waals surface area contributed by atoms with Gasteiger partial charge in [0.25, 0.3) is 0 Å². The first-order valence-corrected chi connectivity index (χ1v) is 11.4. The fourth-order valence-corrected chi connectivity index (χ4v) is 3.94. The maximum absolute atomic E-state index is 13.4. The summed E-state index contributed by atoms with van der Waals surface area (Å²) < 4.78 is 5.69. The Morgan fingerprint density at radius 2 is 1.71 bits per heavy atom. The first-order valence-electron chi connectivity index (χ1n) is 11.4. The average Bonchev–Trinajstić information content (AvgIpc) is 2.76. The monoisotopic (exact) mass is 464 g/mol. The standard InChI is InChI=1S/C29H36O5/c1-17(2)11-13-20(19(5)6)16-24-28(33)25(26(31)21-9-8-10-22(30)15-21)27(32)23(29(24)34-7)14-12-18(3)4/h8-10,12,15,20,30,32-33H,1,5,11,13-14,16H2,2-4,6-7H3/t20-/m1/s1. The van der Waals surface area contributed by atoms with Crippen molar-refractivity contribution in [3.8, 4) is 23.0 Å². The number of methoxy groups -OCH3 is 1. The quantitative estimate of drug-likeness (QED) is 0.256. The van der Waals surface area contributed by atoms with Crippen molar-refractivity contribution < 1.29 is 24.9 Å². The zero-order valence-electron chi connectivity index (χ0n) is 20.9. The molecule has 182 valence electrons. The van der Waals surface area contributed by atoms with Crippen molar-refractivity contribution >= 4 is 5.78 Å². The summed E-state index contributed by atoms with van der Waals surface area (Å²) in [7, 11) is 1.49. The van der Waals surface area contributed by atoms with Crippen molar-refractivity contribution in [3.05, 3.63) is 82.5 Å². The number of phenolic OH excluding ortho intramolecular Hbond substituents is 3. The number of carbonyl (C=O) groups is 1. The summed E-state index contributed by atoms with van der Waals surface area (Å²) in [4.78, 5) is 13.4.